The van der Waals surface area contributed by atoms with Crippen LogP contribution in [0.2, 0.25) is 0 Å². The number of aromatic nitrogens is 2. The van der Waals surface area contributed by atoms with E-state index in [4.69, 9.17) is 14.7 Å². The summed E-state index contributed by atoms with van der Waals surface area (Å²) in [5.41, 5.74) is 9.68. The summed E-state index contributed by atoms with van der Waals surface area (Å²) in [5.74, 6) is 2.34. The van der Waals surface area contributed by atoms with Gasteiger partial charge in [0.2, 0.25) is 0 Å². The van der Waals surface area contributed by atoms with Crippen molar-refractivity contribution in [3.63, 3.8) is 0 Å². The summed E-state index contributed by atoms with van der Waals surface area (Å²) in [7, 11) is 0. The van der Waals surface area contributed by atoms with Crippen molar-refractivity contribution in [2.45, 2.75) is 201 Å². The highest BCUT2D eigenvalue weighted by molar-refractivity contribution is 7.28. The number of benzene rings is 2. The molecule has 0 radical (unpaired) electrons. The summed E-state index contributed by atoms with van der Waals surface area (Å²) in [5, 5.41) is 2.21. The van der Waals surface area contributed by atoms with Gasteiger partial charge >= 0.3 is 0 Å². The molecule has 0 saturated carbocycles. The van der Waals surface area contributed by atoms with Crippen LogP contribution in [0.3, 0.4) is 0 Å². The van der Waals surface area contributed by atoms with Crippen LogP contribution in [-0.2, 0) is 18.4 Å². The lowest BCUT2D eigenvalue weighted by Gasteiger charge is -2.41. The Bertz CT molecular complexity index is 2320. The molecule has 4 aromatic heterocycles. The van der Waals surface area contributed by atoms with Gasteiger partial charge in [0.25, 0.3) is 0 Å². The first-order valence-electron chi connectivity index (χ1n) is 26.3. The van der Waals surface area contributed by atoms with E-state index in [-0.39, 0.29) is 5.60 Å². The number of hydrogen-bond acceptors (Lipinski definition) is 6. The number of thiophene rings is 3. The lowest BCUT2D eigenvalue weighted by Crippen LogP contribution is -2.36. The molecule has 0 bridgehead atoms. The molecule has 2 aromatic carbocycles. The smallest absolute Gasteiger partial charge is 0.135 e. The van der Waals surface area contributed by atoms with Crippen molar-refractivity contribution in [1.29, 1.82) is 0 Å². The van der Waals surface area contributed by atoms with Crippen molar-refractivity contribution in [3.8, 4) is 46.8 Å². The van der Waals surface area contributed by atoms with Gasteiger partial charge in [-0.15, -0.1) is 34.0 Å². The number of unbranched alkanes of at least 4 members (excludes halogenated alkanes) is 12. The Kier molecular flexibility index (Phi) is 19.2. The third kappa shape index (κ3) is 12.4. The normalized spacial score (nSPS) is 14.1. The molecular formula is C59H80N2OS3. The first kappa shape index (κ1) is 49.6. The van der Waals surface area contributed by atoms with Crippen LogP contribution in [0.25, 0.3) is 52.1 Å². The highest BCUT2D eigenvalue weighted by Crippen LogP contribution is 2.52. The van der Waals surface area contributed by atoms with E-state index < -0.39 is 0 Å². The van der Waals surface area contributed by atoms with E-state index in [1.807, 2.05) is 34.0 Å². The minimum absolute atomic E-state index is 0.320. The van der Waals surface area contributed by atoms with Crippen molar-refractivity contribution in [3.05, 3.63) is 89.1 Å². The predicted molar refractivity (Wildman–Crippen MR) is 287 cm³/mol. The average molecular weight is 930 g/mol. The van der Waals surface area contributed by atoms with E-state index in [1.54, 1.807) is 0 Å². The summed E-state index contributed by atoms with van der Waals surface area (Å²) >= 11 is 5.66. The molecule has 0 N–H and O–H groups in total. The zero-order chi connectivity index (χ0) is 45.4. The molecule has 2 atom stereocenters. The van der Waals surface area contributed by atoms with Crippen LogP contribution < -0.4 is 4.74 Å². The fraction of sp³-hybridized carbons (Fsp3) is 0.559. The van der Waals surface area contributed by atoms with Crippen molar-refractivity contribution in [1.82, 2.24) is 9.97 Å². The lowest BCUT2D eigenvalue weighted by atomic mass is 9.77. The molecule has 0 saturated heterocycles. The van der Waals surface area contributed by atoms with Crippen LogP contribution >= 0.6 is 34.0 Å². The van der Waals surface area contributed by atoms with Gasteiger partial charge in [0.05, 0.1) is 21.1 Å². The van der Waals surface area contributed by atoms with Gasteiger partial charge in [0.15, 0.2) is 0 Å². The zero-order valence-corrected chi connectivity index (χ0v) is 43.5. The highest BCUT2D eigenvalue weighted by atomic mass is 32.1. The Morgan fingerprint density at radius 3 is 1.68 bits per heavy atom. The summed E-state index contributed by atoms with van der Waals surface area (Å²) in [6.45, 7) is 14.0. The molecule has 6 heteroatoms. The van der Waals surface area contributed by atoms with Crippen molar-refractivity contribution in [2.24, 2.45) is 11.8 Å². The molecule has 65 heavy (non-hydrogen) atoms. The van der Waals surface area contributed by atoms with Gasteiger partial charge < -0.3 is 4.74 Å². The van der Waals surface area contributed by atoms with Crippen LogP contribution in [0, 0.1) is 11.8 Å². The van der Waals surface area contributed by atoms with Crippen LogP contribution in [0.15, 0.2) is 72.1 Å². The fourth-order valence-corrected chi connectivity index (χ4v) is 13.5. The van der Waals surface area contributed by atoms with Gasteiger partial charge in [0.1, 0.15) is 22.4 Å². The summed E-state index contributed by atoms with van der Waals surface area (Å²) in [4.78, 5) is 17.9. The van der Waals surface area contributed by atoms with E-state index in [2.05, 4.69) is 114 Å². The van der Waals surface area contributed by atoms with Crippen LogP contribution in [-0.4, -0.2) is 9.97 Å². The molecule has 2 unspecified atom stereocenters. The van der Waals surface area contributed by atoms with Crippen molar-refractivity contribution < 1.29 is 4.74 Å². The van der Waals surface area contributed by atoms with E-state index in [0.717, 1.165) is 42.5 Å². The fourth-order valence-electron chi connectivity index (χ4n) is 10.4. The SMILES string of the molecule is CCCCCCCCC1(CCCCCCCC)Oc2ccccc2-c2ccc(-c3ccc(-c4sc(-c5cccs5)c5nc(CC(CC)CCCC)c(CC(CC)CCCC)nc45)s3)cc21. The standard InChI is InChI=1S/C59H80N2OS3/c1-7-13-17-19-21-25-37-59(38-26-22-20-18-14-8-2)48-42-45(33-34-46(48)47-30-23-24-31-51(47)62-59)52-35-36-54(64-52)58-56-55(57(65-58)53-32-27-39-63-53)60-49(40-43(11-5)28-15-9-3)50(61-56)41-44(12-6)29-16-10-4/h23-24,27,30-36,39,42-44H,7-22,25-26,28-29,37-38,40-41H2,1-6H3. The van der Waals surface area contributed by atoms with Crippen molar-refractivity contribution in [2.75, 3.05) is 0 Å². The highest BCUT2D eigenvalue weighted by Gasteiger charge is 2.40. The summed E-state index contributed by atoms with van der Waals surface area (Å²) < 4.78 is 7.37. The second kappa shape index (κ2) is 25.2. The van der Waals surface area contributed by atoms with Gasteiger partial charge in [-0.05, 0) is 97.2 Å². The first-order valence-corrected chi connectivity index (χ1v) is 28.9. The Balaban J connectivity index is 1.29. The number of fused-ring (bicyclic) bond motifs is 4. The minimum Gasteiger partial charge on any atom is -0.482 e. The van der Waals surface area contributed by atoms with E-state index >= 15 is 0 Å². The van der Waals surface area contributed by atoms with Gasteiger partial charge in [-0.3, -0.25) is 0 Å². The van der Waals surface area contributed by atoms with Crippen LogP contribution in [0.1, 0.15) is 200 Å². The number of para-hydroxylation sites is 1. The summed E-state index contributed by atoms with van der Waals surface area (Å²) in [6, 6.07) is 25.4. The molecule has 6 aromatic rings. The number of ether oxygens (including phenoxy) is 1. The molecule has 7 rings (SSSR count). The number of nitrogens with zero attached hydrogens (tertiary/aromatic N) is 2. The van der Waals surface area contributed by atoms with Gasteiger partial charge in [-0.25, -0.2) is 9.97 Å². The monoisotopic (exact) mass is 929 g/mol. The number of hydrogen-bond donors (Lipinski definition) is 0. The lowest BCUT2D eigenvalue weighted by molar-refractivity contribution is 0.0386. The molecule has 1 aliphatic heterocycles. The Hall–Kier alpha value is -3.32. The minimum atomic E-state index is -0.320. The Morgan fingerprint density at radius 2 is 1.09 bits per heavy atom. The second-order valence-corrected chi connectivity index (χ2v) is 22.4. The predicted octanol–water partition coefficient (Wildman–Crippen LogP) is 20.1. The van der Waals surface area contributed by atoms with E-state index in [0.29, 0.717) is 11.8 Å². The van der Waals surface area contributed by atoms with Crippen LogP contribution in [0.4, 0.5) is 0 Å². The molecular weight excluding hydrogens is 849 g/mol. The molecule has 5 heterocycles. The molecule has 0 spiro atoms. The Morgan fingerprint density at radius 1 is 0.523 bits per heavy atom. The van der Waals surface area contributed by atoms with Crippen LogP contribution in [0.5, 0.6) is 5.75 Å². The quantitative estimate of drug-likeness (QED) is 0.0440. The maximum absolute atomic E-state index is 7.37. The topological polar surface area (TPSA) is 35.0 Å². The Labute approximate surface area is 406 Å². The molecule has 350 valence electrons. The number of rotatable bonds is 29. The van der Waals surface area contributed by atoms with Crippen molar-refractivity contribution >= 4 is 45.0 Å². The first-order chi connectivity index (χ1) is 31.9. The molecule has 0 aliphatic carbocycles. The van der Waals surface area contributed by atoms with Gasteiger partial charge in [-0.2, -0.15) is 0 Å². The molecule has 1 aliphatic rings. The zero-order valence-electron chi connectivity index (χ0n) is 41.1. The molecule has 0 amide bonds. The largest absolute Gasteiger partial charge is 0.482 e. The second-order valence-electron chi connectivity index (χ2n) is 19.3. The van der Waals surface area contributed by atoms with E-state index in [1.165, 1.54) is 186 Å². The van der Waals surface area contributed by atoms with E-state index in [9.17, 15) is 0 Å². The summed E-state index contributed by atoms with van der Waals surface area (Å²) in [6.07, 6.45) is 29.7. The molecule has 3 nitrogen and oxygen atoms in total. The molecule has 0 fully saturated rings. The third-order valence-electron chi connectivity index (χ3n) is 14.5. The maximum Gasteiger partial charge on any atom is 0.135 e. The maximum atomic E-state index is 7.37. The average Bonchev–Trinajstić information content (AvgIpc) is 4.13. The van der Waals surface area contributed by atoms with Gasteiger partial charge in [0, 0.05) is 25.8 Å². The third-order valence-corrected chi connectivity index (χ3v) is 18.0. The van der Waals surface area contributed by atoms with Gasteiger partial charge in [-0.1, -0.05) is 194 Å².